The molecule has 2 aromatic carbocycles. The normalized spacial score (nSPS) is 15.0. The molecule has 4 rings (SSSR count). The number of nitrogens with zero attached hydrogens (tertiary/aromatic N) is 3. The smallest absolute Gasteiger partial charge is 0.252 e. The molecule has 0 aliphatic carbocycles. The van der Waals surface area contributed by atoms with Crippen LogP contribution in [0, 0.1) is 6.92 Å². The van der Waals surface area contributed by atoms with E-state index in [0.717, 1.165) is 11.1 Å². The molecule has 1 aliphatic rings. The minimum absolute atomic E-state index is 0.106. The van der Waals surface area contributed by atoms with Crippen molar-refractivity contribution < 1.29 is 14.3 Å². The molecule has 0 bridgehead atoms. The highest BCUT2D eigenvalue weighted by Crippen LogP contribution is 2.31. The van der Waals surface area contributed by atoms with E-state index in [2.05, 4.69) is 20.7 Å². The quantitative estimate of drug-likeness (QED) is 0.670. The summed E-state index contributed by atoms with van der Waals surface area (Å²) in [6, 6.07) is 11.9. The summed E-state index contributed by atoms with van der Waals surface area (Å²) in [5.41, 5.74) is 2.39. The van der Waals surface area contributed by atoms with Crippen molar-refractivity contribution in [2.45, 2.75) is 19.4 Å². The van der Waals surface area contributed by atoms with Crippen LogP contribution in [-0.2, 0) is 9.59 Å². The molecule has 1 unspecified atom stereocenters. The van der Waals surface area contributed by atoms with E-state index in [1.54, 1.807) is 18.2 Å². The van der Waals surface area contributed by atoms with Crippen LogP contribution in [0.5, 0.6) is 5.75 Å². The maximum Gasteiger partial charge on any atom is 0.252 e. The van der Waals surface area contributed by atoms with Gasteiger partial charge in [0.15, 0.2) is 5.82 Å². The predicted octanol–water partition coefficient (Wildman–Crippen LogP) is 3.44. The van der Waals surface area contributed by atoms with E-state index in [1.807, 2.05) is 31.2 Å². The van der Waals surface area contributed by atoms with Gasteiger partial charge < -0.3 is 10.1 Å². The molecule has 9 heteroatoms. The number of carbonyl (C=O) groups excluding carboxylic acids is 2. The topological polar surface area (TPSA) is 98.1 Å². The Morgan fingerprint density at radius 1 is 1.28 bits per heavy atom. The molecule has 2 amide bonds. The Hall–Kier alpha value is -3.39. The molecule has 3 aromatic rings. The minimum Gasteiger partial charge on any atom is -0.495 e. The molecule has 1 atom stereocenters. The molecule has 8 nitrogen and oxygen atoms in total. The van der Waals surface area contributed by atoms with Gasteiger partial charge in [0.25, 0.3) is 5.91 Å². The van der Waals surface area contributed by atoms with Crippen LogP contribution in [0.4, 0.5) is 11.6 Å². The van der Waals surface area contributed by atoms with E-state index in [1.165, 1.54) is 11.8 Å². The first-order chi connectivity index (χ1) is 13.9. The minimum atomic E-state index is -0.790. The maximum absolute atomic E-state index is 12.6. The Bertz CT molecular complexity index is 1090. The van der Waals surface area contributed by atoms with Crippen molar-refractivity contribution in [2.24, 2.45) is 0 Å². The zero-order chi connectivity index (χ0) is 20.5. The molecule has 0 fully saturated rings. The molecule has 0 radical (unpaired) electrons. The van der Waals surface area contributed by atoms with E-state index in [4.69, 9.17) is 16.3 Å². The fraction of sp³-hybridized carbons (Fsp3) is 0.200. The molecule has 0 saturated carbocycles. The third-order valence-corrected chi connectivity index (χ3v) is 4.82. The van der Waals surface area contributed by atoms with Gasteiger partial charge in [-0.25, -0.2) is 4.68 Å². The van der Waals surface area contributed by atoms with Gasteiger partial charge >= 0.3 is 0 Å². The summed E-state index contributed by atoms with van der Waals surface area (Å²) in [5, 5.41) is 10.3. The Morgan fingerprint density at radius 3 is 2.76 bits per heavy atom. The molecule has 0 spiro atoms. The van der Waals surface area contributed by atoms with Crippen molar-refractivity contribution in [3.8, 4) is 17.1 Å². The van der Waals surface area contributed by atoms with Crippen molar-refractivity contribution >= 4 is 35.1 Å². The monoisotopic (exact) mass is 411 g/mol. The van der Waals surface area contributed by atoms with Gasteiger partial charge in [-0.15, -0.1) is 5.10 Å². The van der Waals surface area contributed by atoms with Gasteiger partial charge in [-0.05, 0) is 25.1 Å². The first-order valence-corrected chi connectivity index (χ1v) is 9.30. The molecule has 1 aromatic heterocycles. The summed E-state index contributed by atoms with van der Waals surface area (Å²) < 4.78 is 6.68. The number of fused-ring (bicyclic) bond motifs is 1. The maximum atomic E-state index is 12.6. The average Bonchev–Trinajstić information content (AvgIpc) is 3.21. The molecule has 148 valence electrons. The number of methoxy groups -OCH3 is 1. The van der Waals surface area contributed by atoms with Crippen molar-refractivity contribution in [3.63, 3.8) is 0 Å². The molecule has 1 aliphatic heterocycles. The number of hydrogen-bond acceptors (Lipinski definition) is 5. The first-order valence-electron chi connectivity index (χ1n) is 8.92. The number of carbonyl (C=O) groups is 2. The van der Waals surface area contributed by atoms with Gasteiger partial charge in [0.2, 0.25) is 11.9 Å². The van der Waals surface area contributed by atoms with Crippen molar-refractivity contribution in [1.82, 2.24) is 14.8 Å². The van der Waals surface area contributed by atoms with E-state index >= 15 is 0 Å². The zero-order valence-electron chi connectivity index (χ0n) is 15.8. The lowest BCUT2D eigenvalue weighted by molar-refractivity contribution is -0.123. The predicted molar refractivity (Wildman–Crippen MR) is 109 cm³/mol. The fourth-order valence-corrected chi connectivity index (χ4v) is 3.26. The Balaban J connectivity index is 1.53. The highest BCUT2D eigenvalue weighted by Gasteiger charge is 2.35. The van der Waals surface area contributed by atoms with Gasteiger partial charge in [-0.2, -0.15) is 4.98 Å². The lowest BCUT2D eigenvalue weighted by Gasteiger charge is -2.12. The van der Waals surface area contributed by atoms with E-state index in [9.17, 15) is 9.59 Å². The second kappa shape index (κ2) is 7.56. The van der Waals surface area contributed by atoms with Crippen LogP contribution in [0.25, 0.3) is 11.4 Å². The van der Waals surface area contributed by atoms with E-state index in [-0.39, 0.29) is 18.2 Å². The highest BCUT2D eigenvalue weighted by molar-refractivity contribution is 6.31. The number of aryl methyl sites for hydroxylation is 1. The van der Waals surface area contributed by atoms with Gasteiger partial charge in [-0.1, -0.05) is 41.4 Å². The largest absolute Gasteiger partial charge is 0.495 e. The SMILES string of the molecule is COc1ccc(Cl)cc1NC(=O)CC1C(=O)Nc2nc(-c3ccc(C)cc3)nn21. The van der Waals surface area contributed by atoms with Crippen LogP contribution in [0.2, 0.25) is 5.02 Å². The summed E-state index contributed by atoms with van der Waals surface area (Å²) in [7, 11) is 1.50. The number of aromatic nitrogens is 3. The van der Waals surface area contributed by atoms with Crippen LogP contribution in [0.3, 0.4) is 0 Å². The summed E-state index contributed by atoms with van der Waals surface area (Å²) >= 11 is 6.00. The fourth-order valence-electron chi connectivity index (χ4n) is 3.09. The second-order valence-electron chi connectivity index (χ2n) is 6.67. The second-order valence-corrected chi connectivity index (χ2v) is 7.11. The number of anilines is 2. The molecular formula is C20H18ClN5O3. The first kappa shape index (κ1) is 18.9. The summed E-state index contributed by atoms with van der Waals surface area (Å²) in [5.74, 6) is 0.585. The van der Waals surface area contributed by atoms with Gasteiger partial charge in [0.1, 0.15) is 11.8 Å². The summed E-state index contributed by atoms with van der Waals surface area (Å²) in [6.45, 7) is 1.99. The average molecular weight is 412 g/mol. The molecule has 0 saturated heterocycles. The number of benzene rings is 2. The van der Waals surface area contributed by atoms with E-state index in [0.29, 0.717) is 28.2 Å². The lowest BCUT2D eigenvalue weighted by Crippen LogP contribution is -2.24. The van der Waals surface area contributed by atoms with Crippen LogP contribution >= 0.6 is 11.6 Å². The van der Waals surface area contributed by atoms with Crippen LogP contribution < -0.4 is 15.4 Å². The number of ether oxygens (including phenoxy) is 1. The van der Waals surface area contributed by atoms with Gasteiger partial charge in [0, 0.05) is 10.6 Å². The number of hydrogen-bond donors (Lipinski definition) is 2. The van der Waals surface area contributed by atoms with Crippen LogP contribution in [0.1, 0.15) is 18.0 Å². The number of amides is 2. The Kier molecular flexibility index (Phi) is 4.94. The van der Waals surface area contributed by atoms with Crippen molar-refractivity contribution in [2.75, 3.05) is 17.7 Å². The zero-order valence-corrected chi connectivity index (χ0v) is 16.5. The van der Waals surface area contributed by atoms with Crippen molar-refractivity contribution in [3.05, 3.63) is 53.1 Å². The summed E-state index contributed by atoms with van der Waals surface area (Å²) in [6.07, 6.45) is -0.106. The highest BCUT2D eigenvalue weighted by atomic mass is 35.5. The Morgan fingerprint density at radius 2 is 2.03 bits per heavy atom. The summed E-state index contributed by atoms with van der Waals surface area (Å²) in [4.78, 5) is 29.3. The number of nitrogens with one attached hydrogen (secondary N) is 2. The van der Waals surface area contributed by atoms with Crippen LogP contribution in [-0.4, -0.2) is 33.7 Å². The molecule has 29 heavy (non-hydrogen) atoms. The molecule has 2 N–H and O–H groups in total. The number of rotatable bonds is 5. The molecular weight excluding hydrogens is 394 g/mol. The van der Waals surface area contributed by atoms with E-state index < -0.39 is 6.04 Å². The third kappa shape index (κ3) is 3.79. The lowest BCUT2D eigenvalue weighted by atomic mass is 10.1. The van der Waals surface area contributed by atoms with Gasteiger partial charge in [0.05, 0.1) is 19.2 Å². The molecule has 2 heterocycles. The standard InChI is InChI=1S/C20H18ClN5O3/c1-11-3-5-12(6-4-11)18-23-20-24-19(28)15(26(20)25-18)10-17(27)22-14-9-13(21)7-8-16(14)29-2/h3-9,15H,10H2,1-2H3,(H,22,27)(H,23,24,25,28). The Labute approximate surface area is 171 Å². The van der Waals surface area contributed by atoms with Gasteiger partial charge in [-0.3, -0.25) is 14.9 Å². The van der Waals surface area contributed by atoms with Crippen LogP contribution in [0.15, 0.2) is 42.5 Å². The third-order valence-electron chi connectivity index (χ3n) is 4.59. The number of halogens is 1. The van der Waals surface area contributed by atoms with Crippen molar-refractivity contribution in [1.29, 1.82) is 0 Å².